The van der Waals surface area contributed by atoms with E-state index in [0.717, 1.165) is 0 Å². The molecule has 1 aromatic heterocycles. The summed E-state index contributed by atoms with van der Waals surface area (Å²) in [6, 6.07) is 8.00. The molecule has 0 radical (unpaired) electrons. The molecule has 0 aliphatic heterocycles. The van der Waals surface area contributed by atoms with E-state index in [9.17, 15) is 9.59 Å². The molecule has 9 heteroatoms. The Hall–Kier alpha value is -3.39. The summed E-state index contributed by atoms with van der Waals surface area (Å²) in [6.45, 7) is 0. The summed E-state index contributed by atoms with van der Waals surface area (Å²) in [5, 5.41) is 6.20. The van der Waals surface area contributed by atoms with Crippen molar-refractivity contribution in [3.63, 3.8) is 0 Å². The number of nitrogens with one attached hydrogen (secondary N) is 3. The fourth-order valence-electron chi connectivity index (χ4n) is 2.97. The maximum absolute atomic E-state index is 12.8. The van der Waals surface area contributed by atoms with Gasteiger partial charge in [0.25, 0.3) is 11.8 Å². The first-order chi connectivity index (χ1) is 13.9. The van der Waals surface area contributed by atoms with Gasteiger partial charge in [-0.15, -0.1) is 0 Å². The molecule has 152 valence electrons. The Morgan fingerprint density at radius 3 is 2.31 bits per heavy atom. The lowest BCUT2D eigenvalue weighted by Crippen LogP contribution is -2.19. The normalized spacial score (nSPS) is 10.5. The molecule has 1 heterocycles. The van der Waals surface area contributed by atoms with Gasteiger partial charge in [0, 0.05) is 24.2 Å². The quantitative estimate of drug-likeness (QED) is 0.570. The van der Waals surface area contributed by atoms with Gasteiger partial charge in [-0.2, -0.15) is 0 Å². The highest BCUT2D eigenvalue weighted by atomic mass is 35.5. The number of rotatable bonds is 6. The molecule has 0 atom stereocenters. The van der Waals surface area contributed by atoms with Crippen molar-refractivity contribution in [2.75, 3.05) is 33.7 Å². The van der Waals surface area contributed by atoms with E-state index < -0.39 is 5.91 Å². The summed E-state index contributed by atoms with van der Waals surface area (Å²) < 4.78 is 16.2. The fourth-order valence-corrected chi connectivity index (χ4v) is 3.17. The van der Waals surface area contributed by atoms with Crippen molar-refractivity contribution >= 4 is 40.0 Å². The van der Waals surface area contributed by atoms with Crippen molar-refractivity contribution in [1.29, 1.82) is 0 Å². The fraction of sp³-hybridized carbons (Fsp3) is 0.200. The standard InChI is InChI=1S/C20H20ClN3O5/c1-22-19(25)11-7-10(5-6-13(11)21)23-20(26)14-8-12-15(27-2)9-16(28-3)18(29-4)17(12)24-14/h5-9,24H,1-4H3,(H,22,25)(H,23,26). The van der Waals surface area contributed by atoms with Crippen LogP contribution < -0.4 is 24.8 Å². The van der Waals surface area contributed by atoms with Crippen LogP contribution in [-0.2, 0) is 0 Å². The van der Waals surface area contributed by atoms with Gasteiger partial charge in [0.2, 0.25) is 0 Å². The van der Waals surface area contributed by atoms with Gasteiger partial charge in [-0.1, -0.05) is 11.6 Å². The first-order valence-electron chi connectivity index (χ1n) is 8.58. The van der Waals surface area contributed by atoms with Gasteiger partial charge in [-0.05, 0) is 24.3 Å². The molecule has 3 N–H and O–H groups in total. The summed E-state index contributed by atoms with van der Waals surface area (Å²) in [4.78, 5) is 27.7. The minimum absolute atomic E-state index is 0.261. The summed E-state index contributed by atoms with van der Waals surface area (Å²) in [5.41, 5.74) is 1.53. The number of hydrogen-bond donors (Lipinski definition) is 3. The molecular formula is C20H20ClN3O5. The lowest BCUT2D eigenvalue weighted by Gasteiger charge is -2.11. The van der Waals surface area contributed by atoms with Crippen molar-refractivity contribution in [3.05, 3.63) is 46.6 Å². The molecule has 2 amide bonds. The number of aromatic nitrogens is 1. The SMILES string of the molecule is CNC(=O)c1cc(NC(=O)c2cc3c(OC)cc(OC)c(OC)c3[nH]2)ccc1Cl. The van der Waals surface area contributed by atoms with Gasteiger partial charge in [-0.25, -0.2) is 0 Å². The van der Waals surface area contributed by atoms with Gasteiger partial charge >= 0.3 is 0 Å². The minimum atomic E-state index is -0.408. The Morgan fingerprint density at radius 2 is 1.69 bits per heavy atom. The van der Waals surface area contributed by atoms with E-state index in [1.54, 1.807) is 24.3 Å². The largest absolute Gasteiger partial charge is 0.496 e. The zero-order valence-corrected chi connectivity index (χ0v) is 17.1. The molecule has 0 saturated carbocycles. The lowest BCUT2D eigenvalue weighted by molar-refractivity contribution is 0.0961. The molecule has 0 bridgehead atoms. The number of carbonyl (C=O) groups is 2. The van der Waals surface area contributed by atoms with Crippen LogP contribution in [0.15, 0.2) is 30.3 Å². The Morgan fingerprint density at radius 1 is 0.966 bits per heavy atom. The van der Waals surface area contributed by atoms with Crippen molar-refractivity contribution in [2.24, 2.45) is 0 Å². The second-order valence-electron chi connectivity index (χ2n) is 6.01. The first kappa shape index (κ1) is 20.3. The van der Waals surface area contributed by atoms with Gasteiger partial charge in [0.1, 0.15) is 11.4 Å². The number of benzene rings is 2. The number of carbonyl (C=O) groups excluding carboxylic acids is 2. The zero-order chi connectivity index (χ0) is 21.1. The third kappa shape index (κ3) is 3.79. The number of methoxy groups -OCH3 is 3. The topological polar surface area (TPSA) is 102 Å². The molecular weight excluding hydrogens is 398 g/mol. The van der Waals surface area contributed by atoms with E-state index in [-0.39, 0.29) is 22.2 Å². The van der Waals surface area contributed by atoms with Crippen molar-refractivity contribution < 1.29 is 23.8 Å². The molecule has 0 unspecified atom stereocenters. The summed E-state index contributed by atoms with van der Waals surface area (Å²) in [5.74, 6) is 0.698. The summed E-state index contributed by atoms with van der Waals surface area (Å²) in [6.07, 6.45) is 0. The molecule has 29 heavy (non-hydrogen) atoms. The molecule has 3 aromatic rings. The van der Waals surface area contributed by atoms with E-state index in [1.165, 1.54) is 34.4 Å². The van der Waals surface area contributed by atoms with Gasteiger partial charge < -0.3 is 29.8 Å². The van der Waals surface area contributed by atoms with Crippen LogP contribution in [0.1, 0.15) is 20.8 Å². The van der Waals surface area contributed by atoms with E-state index in [2.05, 4.69) is 15.6 Å². The van der Waals surface area contributed by atoms with E-state index in [1.807, 2.05) is 0 Å². The second kappa shape index (κ2) is 8.32. The average Bonchev–Trinajstić information content (AvgIpc) is 3.18. The predicted molar refractivity (Wildman–Crippen MR) is 111 cm³/mol. The summed E-state index contributed by atoms with van der Waals surface area (Å²) in [7, 11) is 6.06. The van der Waals surface area contributed by atoms with Crippen LogP contribution in [0.4, 0.5) is 5.69 Å². The third-order valence-electron chi connectivity index (χ3n) is 4.38. The van der Waals surface area contributed by atoms with Crippen LogP contribution in [0.3, 0.4) is 0 Å². The Bertz CT molecular complexity index is 1090. The van der Waals surface area contributed by atoms with Crippen LogP contribution in [0.25, 0.3) is 10.9 Å². The van der Waals surface area contributed by atoms with Crippen LogP contribution in [0, 0.1) is 0 Å². The molecule has 0 saturated heterocycles. The third-order valence-corrected chi connectivity index (χ3v) is 4.71. The van der Waals surface area contributed by atoms with E-state index >= 15 is 0 Å². The van der Waals surface area contributed by atoms with Crippen molar-refractivity contribution in [3.8, 4) is 17.2 Å². The molecule has 0 spiro atoms. The van der Waals surface area contributed by atoms with Crippen molar-refractivity contribution in [1.82, 2.24) is 10.3 Å². The number of halogens is 1. The van der Waals surface area contributed by atoms with E-state index in [4.69, 9.17) is 25.8 Å². The van der Waals surface area contributed by atoms with Crippen molar-refractivity contribution in [2.45, 2.75) is 0 Å². The molecule has 0 fully saturated rings. The predicted octanol–water partition coefficient (Wildman–Crippen LogP) is 3.46. The lowest BCUT2D eigenvalue weighted by atomic mass is 10.1. The van der Waals surface area contributed by atoms with Crippen LogP contribution in [-0.4, -0.2) is 45.2 Å². The molecule has 8 nitrogen and oxygen atoms in total. The number of fused-ring (bicyclic) bond motifs is 1. The number of H-pyrrole nitrogens is 1. The Balaban J connectivity index is 1.99. The smallest absolute Gasteiger partial charge is 0.272 e. The number of aromatic amines is 1. The van der Waals surface area contributed by atoms with Crippen LogP contribution in [0.5, 0.6) is 17.2 Å². The Labute approximate surface area is 172 Å². The van der Waals surface area contributed by atoms with Gasteiger partial charge in [0.05, 0.1) is 37.4 Å². The number of amides is 2. The molecule has 0 aliphatic carbocycles. The maximum atomic E-state index is 12.8. The minimum Gasteiger partial charge on any atom is -0.496 e. The van der Waals surface area contributed by atoms with E-state index in [0.29, 0.717) is 33.8 Å². The maximum Gasteiger partial charge on any atom is 0.272 e. The van der Waals surface area contributed by atoms with Crippen LogP contribution >= 0.6 is 11.6 Å². The Kier molecular flexibility index (Phi) is 5.84. The molecule has 3 rings (SSSR count). The van der Waals surface area contributed by atoms with Gasteiger partial charge in [-0.3, -0.25) is 9.59 Å². The summed E-state index contributed by atoms with van der Waals surface area (Å²) >= 11 is 6.05. The van der Waals surface area contributed by atoms with Crippen LogP contribution in [0.2, 0.25) is 5.02 Å². The highest BCUT2D eigenvalue weighted by Crippen LogP contribution is 2.41. The molecule has 2 aromatic carbocycles. The second-order valence-corrected chi connectivity index (χ2v) is 6.42. The average molecular weight is 418 g/mol. The molecule has 0 aliphatic rings. The monoisotopic (exact) mass is 417 g/mol. The highest BCUT2D eigenvalue weighted by Gasteiger charge is 2.20. The zero-order valence-electron chi connectivity index (χ0n) is 16.3. The first-order valence-corrected chi connectivity index (χ1v) is 8.96. The number of anilines is 1. The highest BCUT2D eigenvalue weighted by molar-refractivity contribution is 6.34. The number of ether oxygens (including phenoxy) is 3. The van der Waals surface area contributed by atoms with Gasteiger partial charge in [0.15, 0.2) is 11.5 Å². The number of hydrogen-bond acceptors (Lipinski definition) is 5.